The van der Waals surface area contributed by atoms with E-state index in [0.29, 0.717) is 38.6 Å². The average molecular weight is 1500 g/mol. The number of carboxylic acid groups (broad SMARTS) is 2. The van der Waals surface area contributed by atoms with Crippen LogP contribution in [0.2, 0.25) is 0 Å². The number of hydrogen-bond acceptors (Lipinski definition) is 19. The van der Waals surface area contributed by atoms with Crippen molar-refractivity contribution >= 4 is 126 Å². The van der Waals surface area contributed by atoms with E-state index in [2.05, 4.69) is 89.1 Å². The maximum absolute atomic E-state index is 14.9. The van der Waals surface area contributed by atoms with Gasteiger partial charge in [0.15, 0.2) is 0 Å². The van der Waals surface area contributed by atoms with Crippen molar-refractivity contribution in [3.05, 3.63) is 90.3 Å². The molecule has 1 saturated heterocycles. The number of imidazole rings is 1. The number of rotatable bonds is 23. The number of aliphatic hydroxyl groups excluding tert-OH is 1. The van der Waals surface area contributed by atoms with Crippen LogP contribution in [0.5, 0.6) is 0 Å². The fourth-order valence-electron chi connectivity index (χ4n) is 11.3. The van der Waals surface area contributed by atoms with E-state index in [-0.39, 0.29) is 74.8 Å². The molecule has 105 heavy (non-hydrogen) atoms. The summed E-state index contributed by atoms with van der Waals surface area (Å²) >= 11 is 0. The van der Waals surface area contributed by atoms with Gasteiger partial charge in [0.2, 0.25) is 70.9 Å². The van der Waals surface area contributed by atoms with Crippen LogP contribution < -0.4 is 69.1 Å². The maximum Gasteiger partial charge on any atom is 0.303 e. The Hall–Kier alpha value is -10.1. The number of carboxylic acids is 2. The number of benzene rings is 2. The van der Waals surface area contributed by atoms with Crippen LogP contribution in [-0.2, 0) is 86.4 Å². The number of nitrogens with zero attached hydrogens (tertiary/aromatic N) is 1. The topological polar surface area (TPSA) is 516 Å². The first-order valence-electron chi connectivity index (χ1n) is 34.6. The lowest BCUT2D eigenvalue weighted by molar-refractivity contribution is -0.139. The minimum absolute atomic E-state index is 0.0230. The van der Waals surface area contributed by atoms with Crippen LogP contribution in [0.25, 0.3) is 21.8 Å². The lowest BCUT2D eigenvalue weighted by Gasteiger charge is -2.27. The third-order valence-electron chi connectivity index (χ3n) is 17.0. The number of hydrogen-bond donors (Lipinski definition) is 19. The Morgan fingerprint density at radius 1 is 0.571 bits per heavy atom. The number of carbonyl (C=O) groups excluding carboxylic acids is 12. The number of nitrogens with one attached hydrogen (secondary N) is 16. The van der Waals surface area contributed by atoms with Crippen LogP contribution >= 0.6 is 21.6 Å². The molecule has 12 amide bonds. The van der Waals surface area contributed by atoms with Gasteiger partial charge in [-0.1, -0.05) is 92.6 Å². The van der Waals surface area contributed by atoms with E-state index >= 15 is 0 Å². The average Bonchev–Trinajstić information content (AvgIpc) is 1.72. The van der Waals surface area contributed by atoms with Crippen LogP contribution in [-0.4, -0.2) is 222 Å². The molecular weight excluding hydrogens is 1400 g/mol. The monoisotopic (exact) mass is 1500 g/mol. The highest BCUT2D eigenvalue weighted by Gasteiger charge is 2.37. The second kappa shape index (κ2) is 41.4. The molecule has 0 unspecified atom stereocenters. The largest absolute Gasteiger partial charge is 0.481 e. The van der Waals surface area contributed by atoms with Gasteiger partial charge >= 0.3 is 11.9 Å². The highest BCUT2D eigenvalue weighted by Crippen LogP contribution is 2.25. The smallest absolute Gasteiger partial charge is 0.303 e. The fourth-order valence-corrected chi connectivity index (χ4v) is 13.7. The number of likely N-dealkylation sites (N-methyl/N-ethyl adjacent to an activating group) is 1. The molecule has 1 aliphatic rings. The van der Waals surface area contributed by atoms with Gasteiger partial charge in [0.25, 0.3) is 0 Å². The van der Waals surface area contributed by atoms with E-state index in [4.69, 9.17) is 0 Å². The van der Waals surface area contributed by atoms with Gasteiger partial charge in [-0.15, -0.1) is 0 Å². The molecule has 34 nitrogen and oxygen atoms in total. The first-order chi connectivity index (χ1) is 49.9. The summed E-state index contributed by atoms with van der Waals surface area (Å²) in [4.78, 5) is 210. The molecule has 0 bridgehead atoms. The van der Waals surface area contributed by atoms with E-state index in [1.54, 1.807) is 95.5 Å². The van der Waals surface area contributed by atoms with Gasteiger partial charge in [-0.25, -0.2) is 4.98 Å². The Labute approximate surface area is 613 Å². The van der Waals surface area contributed by atoms with Gasteiger partial charge in [0, 0.05) is 96.2 Å². The van der Waals surface area contributed by atoms with Crippen molar-refractivity contribution in [2.75, 3.05) is 31.6 Å². The van der Waals surface area contributed by atoms with Crippen LogP contribution in [0.1, 0.15) is 110 Å². The summed E-state index contributed by atoms with van der Waals surface area (Å²) in [6, 6.07) is -1.69. The van der Waals surface area contributed by atoms with E-state index in [0.717, 1.165) is 21.6 Å². The second-order valence-corrected chi connectivity index (χ2v) is 29.1. The molecule has 1 fully saturated rings. The highest BCUT2D eigenvalue weighted by molar-refractivity contribution is 8.76. The first-order valence-corrected chi connectivity index (χ1v) is 37.1. The molecule has 19 N–H and O–H groups in total. The summed E-state index contributed by atoms with van der Waals surface area (Å²) in [5, 5.41) is 65.1. The van der Waals surface area contributed by atoms with Crippen molar-refractivity contribution in [1.82, 2.24) is 89.1 Å². The first kappa shape index (κ1) is 83.9. The zero-order chi connectivity index (χ0) is 77.0. The van der Waals surface area contributed by atoms with E-state index in [1.165, 1.54) is 33.4 Å². The Kier molecular flexibility index (Phi) is 33.1. The van der Waals surface area contributed by atoms with E-state index in [9.17, 15) is 82.4 Å². The highest BCUT2D eigenvalue weighted by atomic mass is 33.1. The molecule has 1 aliphatic heterocycles. The van der Waals surface area contributed by atoms with Crippen molar-refractivity contribution in [3.8, 4) is 0 Å². The van der Waals surface area contributed by atoms with E-state index in [1.807, 2.05) is 0 Å². The fraction of sp³-hybridized carbons (Fsp3) is 0.522. The lowest BCUT2D eigenvalue weighted by Crippen LogP contribution is -2.60. The Bertz CT molecular complexity index is 3850. The van der Waals surface area contributed by atoms with Gasteiger partial charge in [-0.2, -0.15) is 0 Å². The molecule has 0 aliphatic carbocycles. The molecule has 36 heteroatoms. The van der Waals surface area contributed by atoms with Crippen molar-refractivity contribution in [2.24, 2.45) is 11.8 Å². The summed E-state index contributed by atoms with van der Waals surface area (Å²) in [7, 11) is 3.29. The van der Waals surface area contributed by atoms with Crippen LogP contribution in [0, 0.1) is 11.8 Å². The van der Waals surface area contributed by atoms with Gasteiger partial charge in [-0.05, 0) is 88.1 Å². The summed E-state index contributed by atoms with van der Waals surface area (Å²) in [6.45, 7) is 10.2. The predicted octanol–water partition coefficient (Wildman–Crippen LogP) is -0.904. The number of carbonyl (C=O) groups is 14. The maximum atomic E-state index is 14.9. The number of aliphatic hydroxyl groups is 1. The number of H-pyrrole nitrogens is 3. The number of fused-ring (bicyclic) bond motifs is 2. The number of amides is 12. The Morgan fingerprint density at radius 3 is 1.60 bits per heavy atom. The number of para-hydroxylation sites is 2. The van der Waals surface area contributed by atoms with Crippen LogP contribution in [0.3, 0.4) is 0 Å². The molecule has 0 saturated carbocycles. The molecule has 0 spiro atoms. The predicted molar refractivity (Wildman–Crippen MR) is 390 cm³/mol. The summed E-state index contributed by atoms with van der Waals surface area (Å²) in [6.07, 6.45) is 2.34. The minimum Gasteiger partial charge on any atom is -0.481 e. The minimum atomic E-state index is -1.62. The Balaban J connectivity index is 1.41. The van der Waals surface area contributed by atoms with Crippen molar-refractivity contribution < 1.29 is 82.4 Å². The quantitative estimate of drug-likeness (QED) is 0.0352. The zero-order valence-corrected chi connectivity index (χ0v) is 61.4. The number of aromatic amines is 3. The molecule has 0 radical (unpaired) electrons. The number of aliphatic carboxylic acids is 2. The van der Waals surface area contributed by atoms with Crippen LogP contribution in [0.15, 0.2) is 73.4 Å². The van der Waals surface area contributed by atoms with Crippen molar-refractivity contribution in [3.63, 3.8) is 0 Å². The van der Waals surface area contributed by atoms with Crippen molar-refractivity contribution in [2.45, 2.75) is 185 Å². The summed E-state index contributed by atoms with van der Waals surface area (Å²) < 4.78 is 0. The SMILES string of the molecule is CC[C@@H]1NC(=O)[C@H](CC(C)C)NC(=O)[C@H](CCC(=O)O)NC(=O)CNC(=O)[C@H](CC(C)C)NC(=O)[C@H](Cc2cnc[nH]2)NC(=O)[C@H](Cc2c[nH]c3ccccc23)NC(=O)[C@H](C)NC(=O)[C@@H](NC(=O)[C@H](CCC(=O)O)NC)CSSC[C@@H](C(=O)NC[C@@H](C)O)NC(=O)[C@H](Cc2c[nH]c3ccccc23)NC1=O. The second-order valence-electron chi connectivity index (χ2n) is 26.5. The molecule has 6 rings (SSSR count). The van der Waals surface area contributed by atoms with Gasteiger partial charge < -0.3 is 99.4 Å². The van der Waals surface area contributed by atoms with Crippen LogP contribution in [0.4, 0.5) is 0 Å². The van der Waals surface area contributed by atoms with E-state index < -0.39 is 181 Å². The molecule has 2 aromatic carbocycles. The molecule has 572 valence electrons. The summed E-state index contributed by atoms with van der Waals surface area (Å²) in [5.74, 6) is -14.5. The lowest BCUT2D eigenvalue weighted by atomic mass is 10.0. The normalized spacial score (nSPS) is 23.1. The zero-order valence-electron chi connectivity index (χ0n) is 59.7. The standard InChI is InChI=1S/C69H97N17O17S2/c1-9-44-62(96)83-52(25-40-29-73-46-17-13-11-15-43(40)46)67(101)85-54(61(95)74-27-37(6)87)32-104-105-33-55(86-63(97)47(70-8)18-20-57(89)90)69(103)77-38(7)59(93)80-51(24-39-28-72-45-16-12-10-14-42(39)45)66(100)84-53(26-41-30-71-34-76-41)68(102)81-49(22-35(2)3)60(94)75-31-56(88)78-48(19-21-58(91)92)64(98)82-50(23-36(4)5)65(99)79-44/h10-17,28-30,34-38,44,47-55,70,72-73,87H,9,18-27,31-33H2,1-8H3,(H,71,76)(H,74,95)(H,75,94)(H,77,103)(H,78,88)(H,79,99)(H,80,93)(H,81,102)(H,82,98)(H,83,96)(H,84,100)(H,85,101)(H,86,97)(H,89,90)(H,91,92)/t37-,38+,44+,47+,48+,49+,50+,51+,52+,53+,54+,55+/m1/s1. The molecular formula is C69H97N17O17S2. The van der Waals surface area contributed by atoms with Gasteiger partial charge in [0.05, 0.1) is 25.0 Å². The molecule has 5 aromatic rings. The number of aromatic nitrogens is 4. The van der Waals surface area contributed by atoms with Gasteiger partial charge in [-0.3, -0.25) is 67.1 Å². The third-order valence-corrected chi connectivity index (χ3v) is 19.4. The molecule has 12 atom stereocenters. The molecule has 3 aromatic heterocycles. The third kappa shape index (κ3) is 26.9. The van der Waals surface area contributed by atoms with Gasteiger partial charge in [0.1, 0.15) is 60.4 Å². The molecule has 4 heterocycles. The summed E-state index contributed by atoms with van der Waals surface area (Å²) in [5.41, 5.74) is 2.80. The van der Waals surface area contributed by atoms with Crippen molar-refractivity contribution in [1.29, 1.82) is 0 Å². The Morgan fingerprint density at radius 2 is 1.07 bits per heavy atom.